The average Bonchev–Trinajstić information content (AvgIpc) is 3.29. The fourth-order valence-electron chi connectivity index (χ4n) is 3.48. The number of H-pyrrole nitrogens is 1. The van der Waals surface area contributed by atoms with Crippen LogP contribution in [0.4, 0.5) is 0 Å². The first-order valence-corrected chi connectivity index (χ1v) is 8.28. The Bertz CT molecular complexity index is 812. The number of aromatic amines is 1. The molecule has 2 aromatic heterocycles. The highest BCUT2D eigenvalue weighted by atomic mass is 16.5. The number of aryl methyl sites for hydroxylation is 1. The second-order valence-corrected chi connectivity index (χ2v) is 6.45. The van der Waals surface area contributed by atoms with Gasteiger partial charge in [-0.2, -0.15) is 5.10 Å². The molecule has 1 aliphatic heterocycles. The molecule has 0 unspecified atom stereocenters. The highest BCUT2D eigenvalue weighted by molar-refractivity contribution is 5.75. The van der Waals surface area contributed by atoms with E-state index in [2.05, 4.69) is 50.9 Å². The van der Waals surface area contributed by atoms with E-state index >= 15 is 0 Å². The normalized spacial score (nSPS) is 21.1. The highest BCUT2D eigenvalue weighted by Crippen LogP contribution is 2.29. The topological polar surface area (TPSA) is 71.9 Å². The first-order chi connectivity index (χ1) is 11.7. The van der Waals surface area contributed by atoms with Crippen molar-refractivity contribution < 1.29 is 4.74 Å². The Kier molecular flexibility index (Phi) is 4.03. The Morgan fingerprint density at radius 2 is 2.25 bits per heavy atom. The zero-order chi connectivity index (χ0) is 16.5. The van der Waals surface area contributed by atoms with Crippen LogP contribution in [-0.4, -0.2) is 55.9 Å². The molecule has 0 saturated carbocycles. The summed E-state index contributed by atoms with van der Waals surface area (Å²) in [5, 5.41) is 6.95. The van der Waals surface area contributed by atoms with E-state index in [0.29, 0.717) is 0 Å². The minimum Gasteiger partial charge on any atom is -0.376 e. The third kappa shape index (κ3) is 2.81. The smallest absolute Gasteiger partial charge is 0.137 e. The van der Waals surface area contributed by atoms with E-state index in [9.17, 15) is 0 Å². The first kappa shape index (κ1) is 15.3. The van der Waals surface area contributed by atoms with E-state index < -0.39 is 0 Å². The van der Waals surface area contributed by atoms with Gasteiger partial charge in [-0.1, -0.05) is 12.1 Å². The molecule has 1 fully saturated rings. The summed E-state index contributed by atoms with van der Waals surface area (Å²) in [6, 6.07) is 8.23. The van der Waals surface area contributed by atoms with Gasteiger partial charge in [-0.25, -0.2) is 9.97 Å². The van der Waals surface area contributed by atoms with Crippen molar-refractivity contribution in [2.24, 2.45) is 7.05 Å². The zero-order valence-electron chi connectivity index (χ0n) is 14.0. The summed E-state index contributed by atoms with van der Waals surface area (Å²) >= 11 is 0. The lowest BCUT2D eigenvalue weighted by Crippen LogP contribution is -2.32. The van der Waals surface area contributed by atoms with Crippen LogP contribution in [0.15, 0.2) is 30.6 Å². The summed E-state index contributed by atoms with van der Waals surface area (Å²) < 4.78 is 8.09. The number of likely N-dealkylation sites (N-methyl/N-ethyl adjacent to an activating group) is 1. The van der Waals surface area contributed by atoms with E-state index in [4.69, 9.17) is 9.72 Å². The average molecular weight is 326 g/mol. The van der Waals surface area contributed by atoms with Crippen molar-refractivity contribution in [1.82, 2.24) is 29.6 Å². The van der Waals surface area contributed by atoms with Crippen molar-refractivity contribution in [2.45, 2.75) is 25.0 Å². The standard InChI is InChI=1S/C17H22N6O/c1-22(9-15-12(7-8-24-15)17-18-11-19-21-17)10-16-20-13-5-3-4-6-14(13)23(16)2/h3-6,11-12,15H,7-10H2,1-2H3,(H,18,19,21)/t12-,15-/m1/s1. The number of nitrogens with one attached hydrogen (secondary N) is 1. The molecule has 0 aliphatic carbocycles. The van der Waals surface area contributed by atoms with Crippen molar-refractivity contribution >= 4 is 11.0 Å². The van der Waals surface area contributed by atoms with Crippen LogP contribution in [-0.2, 0) is 18.3 Å². The maximum Gasteiger partial charge on any atom is 0.137 e. The number of aromatic nitrogens is 5. The first-order valence-electron chi connectivity index (χ1n) is 8.28. The molecule has 126 valence electrons. The molecule has 0 bridgehead atoms. The molecule has 4 rings (SSSR count). The van der Waals surface area contributed by atoms with Gasteiger partial charge in [-0.05, 0) is 25.6 Å². The van der Waals surface area contributed by atoms with Crippen LogP contribution < -0.4 is 0 Å². The molecular weight excluding hydrogens is 304 g/mol. The summed E-state index contributed by atoms with van der Waals surface area (Å²) in [5.41, 5.74) is 2.21. The number of nitrogens with zero attached hydrogens (tertiary/aromatic N) is 5. The van der Waals surface area contributed by atoms with Crippen LogP contribution >= 0.6 is 0 Å². The van der Waals surface area contributed by atoms with Crippen molar-refractivity contribution in [3.05, 3.63) is 42.2 Å². The number of rotatable bonds is 5. The lowest BCUT2D eigenvalue weighted by atomic mass is 10.0. The van der Waals surface area contributed by atoms with Crippen molar-refractivity contribution in [2.75, 3.05) is 20.2 Å². The van der Waals surface area contributed by atoms with Crippen LogP contribution in [0.1, 0.15) is 24.0 Å². The maximum atomic E-state index is 5.93. The molecule has 1 N–H and O–H groups in total. The number of benzene rings is 1. The quantitative estimate of drug-likeness (QED) is 0.772. The van der Waals surface area contributed by atoms with Crippen LogP contribution in [0.2, 0.25) is 0 Å². The van der Waals surface area contributed by atoms with E-state index in [1.165, 1.54) is 0 Å². The van der Waals surface area contributed by atoms with Gasteiger partial charge in [-0.3, -0.25) is 10.00 Å². The monoisotopic (exact) mass is 326 g/mol. The number of imidazole rings is 1. The van der Waals surface area contributed by atoms with Crippen LogP contribution in [0.25, 0.3) is 11.0 Å². The maximum absolute atomic E-state index is 5.93. The van der Waals surface area contributed by atoms with Gasteiger partial charge in [0.25, 0.3) is 0 Å². The van der Waals surface area contributed by atoms with Crippen molar-refractivity contribution in [1.29, 1.82) is 0 Å². The second-order valence-electron chi connectivity index (χ2n) is 6.45. The largest absolute Gasteiger partial charge is 0.376 e. The third-order valence-corrected chi connectivity index (χ3v) is 4.78. The Labute approximate surface area is 140 Å². The van der Waals surface area contributed by atoms with Crippen LogP contribution in [0.3, 0.4) is 0 Å². The van der Waals surface area contributed by atoms with Gasteiger partial charge in [0.1, 0.15) is 18.0 Å². The molecule has 0 amide bonds. The van der Waals surface area contributed by atoms with Crippen molar-refractivity contribution in [3.63, 3.8) is 0 Å². The zero-order valence-corrected chi connectivity index (χ0v) is 14.0. The lowest BCUT2D eigenvalue weighted by molar-refractivity contribution is 0.0702. The number of hydrogen-bond acceptors (Lipinski definition) is 5. The molecule has 24 heavy (non-hydrogen) atoms. The Balaban J connectivity index is 1.46. The molecule has 3 heterocycles. The number of fused-ring (bicyclic) bond motifs is 1. The number of para-hydroxylation sites is 2. The number of ether oxygens (including phenoxy) is 1. The van der Waals surface area contributed by atoms with Crippen molar-refractivity contribution in [3.8, 4) is 0 Å². The predicted octanol–water partition coefficient (Wildman–Crippen LogP) is 1.70. The fourth-order valence-corrected chi connectivity index (χ4v) is 3.48. The predicted molar refractivity (Wildman–Crippen MR) is 90.5 cm³/mol. The molecule has 2 atom stereocenters. The fraction of sp³-hybridized carbons (Fsp3) is 0.471. The van der Waals surface area contributed by atoms with E-state index in [0.717, 1.165) is 48.8 Å². The summed E-state index contributed by atoms with van der Waals surface area (Å²) in [7, 11) is 4.18. The third-order valence-electron chi connectivity index (χ3n) is 4.78. The summed E-state index contributed by atoms with van der Waals surface area (Å²) in [5.74, 6) is 2.27. The van der Waals surface area contributed by atoms with Gasteiger partial charge >= 0.3 is 0 Å². The van der Waals surface area contributed by atoms with E-state index in [-0.39, 0.29) is 12.0 Å². The highest BCUT2D eigenvalue weighted by Gasteiger charge is 2.32. The van der Waals surface area contributed by atoms with Gasteiger partial charge < -0.3 is 9.30 Å². The minimum absolute atomic E-state index is 0.137. The molecule has 0 spiro atoms. The summed E-state index contributed by atoms with van der Waals surface area (Å²) in [6.45, 7) is 2.40. The van der Waals surface area contributed by atoms with Gasteiger partial charge in [0.05, 0.1) is 23.7 Å². The SMILES string of the molecule is CN(Cc1nc2ccccc2n1C)C[C@H]1OCC[C@H]1c1ncn[nH]1. The minimum atomic E-state index is 0.137. The molecular formula is C17H22N6O. The van der Waals surface area contributed by atoms with Crippen LogP contribution in [0.5, 0.6) is 0 Å². The van der Waals surface area contributed by atoms with Crippen LogP contribution in [0, 0.1) is 0 Å². The molecule has 1 saturated heterocycles. The molecule has 3 aromatic rings. The van der Waals surface area contributed by atoms with E-state index in [1.54, 1.807) is 6.33 Å². The van der Waals surface area contributed by atoms with Gasteiger partial charge in [0.15, 0.2) is 0 Å². The summed E-state index contributed by atoms with van der Waals surface area (Å²) in [4.78, 5) is 11.3. The van der Waals surface area contributed by atoms with E-state index in [1.807, 2.05) is 12.1 Å². The Hall–Kier alpha value is -2.25. The Morgan fingerprint density at radius 3 is 3.04 bits per heavy atom. The van der Waals surface area contributed by atoms with Gasteiger partial charge in [0, 0.05) is 26.1 Å². The second kappa shape index (κ2) is 6.33. The Morgan fingerprint density at radius 1 is 1.38 bits per heavy atom. The molecule has 7 heteroatoms. The molecule has 1 aromatic carbocycles. The van der Waals surface area contributed by atoms with Gasteiger partial charge in [-0.15, -0.1) is 0 Å². The van der Waals surface area contributed by atoms with Gasteiger partial charge in [0.2, 0.25) is 0 Å². The lowest BCUT2D eigenvalue weighted by Gasteiger charge is -2.23. The summed E-state index contributed by atoms with van der Waals surface area (Å²) in [6.07, 6.45) is 2.69. The molecule has 7 nitrogen and oxygen atoms in total. The molecule has 1 aliphatic rings. The number of hydrogen-bond donors (Lipinski definition) is 1. The molecule has 0 radical (unpaired) electrons.